The minimum absolute atomic E-state index is 0.0139. The summed E-state index contributed by atoms with van der Waals surface area (Å²) >= 11 is 9.36. The summed E-state index contributed by atoms with van der Waals surface area (Å²) in [7, 11) is 0. The number of carbonyl (C=O) groups excluding carboxylic acids is 1. The van der Waals surface area contributed by atoms with E-state index < -0.39 is 5.91 Å². The molecule has 2 N–H and O–H groups in total. The first-order valence-electron chi connectivity index (χ1n) is 8.18. The molecular weight excluding hydrogens is 436 g/mol. The van der Waals surface area contributed by atoms with Gasteiger partial charge in [0, 0.05) is 5.02 Å². The van der Waals surface area contributed by atoms with Gasteiger partial charge >= 0.3 is 0 Å². The molecule has 8 heteroatoms. The maximum absolute atomic E-state index is 11.9. The van der Waals surface area contributed by atoms with Crippen molar-refractivity contribution in [1.82, 2.24) is 5.43 Å². The Kier molecular flexibility index (Phi) is 7.50. The third-order valence-corrected chi connectivity index (χ3v) is 4.73. The summed E-state index contributed by atoms with van der Waals surface area (Å²) in [5.41, 5.74) is 4.80. The van der Waals surface area contributed by atoms with Gasteiger partial charge < -0.3 is 14.6 Å². The number of hydrogen-bond acceptors (Lipinski definition) is 5. The molecule has 0 atom stereocenters. The lowest BCUT2D eigenvalue weighted by Gasteiger charge is -2.09. The van der Waals surface area contributed by atoms with Crippen molar-refractivity contribution in [1.29, 1.82) is 0 Å². The Bertz CT molecular complexity index is 848. The van der Waals surface area contributed by atoms with Gasteiger partial charge in [-0.3, -0.25) is 4.79 Å². The molecule has 0 radical (unpaired) electrons. The van der Waals surface area contributed by atoms with Gasteiger partial charge in [-0.1, -0.05) is 11.6 Å². The topological polar surface area (TPSA) is 80.2 Å². The maximum Gasteiger partial charge on any atom is 0.277 e. The summed E-state index contributed by atoms with van der Waals surface area (Å²) in [5, 5.41) is 14.5. The standard InChI is InChI=1S/C19H20BrClN2O4/c1-4-26-16-8-13(7-15(20)19(16)25)9-22-23-17(24)10-27-14-5-11(2)18(21)12(3)6-14/h5-9,25H,4,10H2,1-3H3,(H,23,24)/b22-9-. The largest absolute Gasteiger partial charge is 0.503 e. The van der Waals surface area contributed by atoms with E-state index in [0.717, 1.165) is 11.1 Å². The first kappa shape index (κ1) is 21.1. The summed E-state index contributed by atoms with van der Waals surface area (Å²) < 4.78 is 11.3. The molecule has 1 amide bonds. The number of phenols is 1. The lowest BCUT2D eigenvalue weighted by Crippen LogP contribution is -2.24. The lowest BCUT2D eigenvalue weighted by molar-refractivity contribution is -0.123. The van der Waals surface area contributed by atoms with Crippen LogP contribution >= 0.6 is 27.5 Å². The van der Waals surface area contributed by atoms with Crippen molar-refractivity contribution < 1.29 is 19.4 Å². The van der Waals surface area contributed by atoms with Crippen molar-refractivity contribution in [3.8, 4) is 17.2 Å². The van der Waals surface area contributed by atoms with Crippen LogP contribution in [0.5, 0.6) is 17.2 Å². The van der Waals surface area contributed by atoms with E-state index in [2.05, 4.69) is 26.5 Å². The smallest absolute Gasteiger partial charge is 0.277 e. The Morgan fingerprint density at radius 3 is 2.56 bits per heavy atom. The highest BCUT2D eigenvalue weighted by atomic mass is 79.9. The molecule has 0 heterocycles. The Balaban J connectivity index is 1.94. The molecule has 0 aromatic heterocycles. The number of benzene rings is 2. The molecule has 0 spiro atoms. The summed E-state index contributed by atoms with van der Waals surface area (Å²) in [4.78, 5) is 11.9. The molecule has 27 heavy (non-hydrogen) atoms. The summed E-state index contributed by atoms with van der Waals surface area (Å²) in [6, 6.07) is 6.82. The van der Waals surface area contributed by atoms with Gasteiger partial charge in [0.2, 0.25) is 0 Å². The molecule has 6 nitrogen and oxygen atoms in total. The molecule has 0 aliphatic rings. The van der Waals surface area contributed by atoms with Gasteiger partial charge in [-0.05, 0) is 77.7 Å². The van der Waals surface area contributed by atoms with Crippen LogP contribution in [0, 0.1) is 13.8 Å². The molecule has 0 unspecified atom stereocenters. The highest BCUT2D eigenvalue weighted by Gasteiger charge is 2.09. The molecule has 144 valence electrons. The second-order valence-electron chi connectivity index (χ2n) is 5.74. The number of aryl methyl sites for hydroxylation is 2. The third kappa shape index (κ3) is 5.87. The van der Waals surface area contributed by atoms with E-state index in [4.69, 9.17) is 21.1 Å². The Labute approximate surface area is 171 Å². The molecule has 2 aromatic carbocycles. The highest BCUT2D eigenvalue weighted by Crippen LogP contribution is 2.35. The minimum atomic E-state index is -0.403. The molecule has 0 saturated carbocycles. The summed E-state index contributed by atoms with van der Waals surface area (Å²) in [6.45, 7) is 5.80. The SMILES string of the molecule is CCOc1cc(/C=N\NC(=O)COc2cc(C)c(Cl)c(C)c2)cc(Br)c1O. The second kappa shape index (κ2) is 9.62. The van der Waals surface area contributed by atoms with E-state index in [9.17, 15) is 9.90 Å². The number of nitrogens with zero attached hydrogens (tertiary/aromatic N) is 1. The molecule has 0 aliphatic carbocycles. The number of hydrazone groups is 1. The van der Waals surface area contributed by atoms with Crippen LogP contribution in [0.25, 0.3) is 0 Å². The van der Waals surface area contributed by atoms with Crippen LogP contribution in [0.15, 0.2) is 33.8 Å². The van der Waals surface area contributed by atoms with Crippen molar-refractivity contribution >= 4 is 39.7 Å². The molecule has 0 fully saturated rings. The van der Waals surface area contributed by atoms with E-state index in [-0.39, 0.29) is 12.4 Å². The Morgan fingerprint density at radius 2 is 1.93 bits per heavy atom. The molecule has 2 rings (SSSR count). The average molecular weight is 456 g/mol. The van der Waals surface area contributed by atoms with Gasteiger partial charge in [-0.15, -0.1) is 0 Å². The van der Waals surface area contributed by atoms with Crippen LogP contribution in [-0.4, -0.2) is 30.4 Å². The zero-order chi connectivity index (χ0) is 20.0. The fraction of sp³-hybridized carbons (Fsp3) is 0.263. The monoisotopic (exact) mass is 454 g/mol. The Morgan fingerprint density at radius 1 is 1.26 bits per heavy atom. The number of carbonyl (C=O) groups is 1. The molecule has 2 aromatic rings. The van der Waals surface area contributed by atoms with Gasteiger partial charge in [0.25, 0.3) is 5.91 Å². The van der Waals surface area contributed by atoms with Gasteiger partial charge in [0.05, 0.1) is 17.3 Å². The van der Waals surface area contributed by atoms with Crippen molar-refractivity contribution in [2.45, 2.75) is 20.8 Å². The van der Waals surface area contributed by atoms with Crippen LogP contribution < -0.4 is 14.9 Å². The number of phenolic OH excluding ortho intramolecular Hbond substituents is 1. The van der Waals surface area contributed by atoms with Crippen molar-refractivity contribution in [3.05, 3.63) is 50.5 Å². The van der Waals surface area contributed by atoms with E-state index in [1.807, 2.05) is 20.8 Å². The first-order chi connectivity index (χ1) is 12.8. The lowest BCUT2D eigenvalue weighted by atomic mass is 10.1. The third-order valence-electron chi connectivity index (χ3n) is 3.53. The number of hydrogen-bond donors (Lipinski definition) is 2. The molecular formula is C19H20BrClN2O4. The number of halogens is 2. The molecule has 0 aliphatic heterocycles. The van der Waals surface area contributed by atoms with E-state index in [1.165, 1.54) is 6.21 Å². The van der Waals surface area contributed by atoms with Crippen LogP contribution in [-0.2, 0) is 4.79 Å². The Hall–Kier alpha value is -2.25. The van der Waals surface area contributed by atoms with Gasteiger partial charge in [-0.2, -0.15) is 5.10 Å². The second-order valence-corrected chi connectivity index (χ2v) is 6.97. The van der Waals surface area contributed by atoms with Crippen molar-refractivity contribution in [3.63, 3.8) is 0 Å². The summed E-state index contributed by atoms with van der Waals surface area (Å²) in [6.07, 6.45) is 1.45. The average Bonchev–Trinajstić information content (AvgIpc) is 2.62. The van der Waals surface area contributed by atoms with Crippen LogP contribution in [0.3, 0.4) is 0 Å². The number of ether oxygens (including phenoxy) is 2. The van der Waals surface area contributed by atoms with E-state index in [1.54, 1.807) is 24.3 Å². The normalized spacial score (nSPS) is 10.9. The minimum Gasteiger partial charge on any atom is -0.503 e. The zero-order valence-corrected chi connectivity index (χ0v) is 17.5. The van der Waals surface area contributed by atoms with Crippen LogP contribution in [0.1, 0.15) is 23.6 Å². The van der Waals surface area contributed by atoms with Crippen molar-refractivity contribution in [2.75, 3.05) is 13.2 Å². The predicted octanol–water partition coefficient (Wildman–Crippen LogP) is 4.35. The number of amides is 1. The van der Waals surface area contributed by atoms with Crippen molar-refractivity contribution in [2.24, 2.45) is 5.10 Å². The fourth-order valence-corrected chi connectivity index (χ4v) is 2.85. The number of nitrogens with one attached hydrogen (secondary N) is 1. The highest BCUT2D eigenvalue weighted by molar-refractivity contribution is 9.10. The number of aromatic hydroxyl groups is 1. The maximum atomic E-state index is 11.9. The number of rotatable bonds is 7. The molecule has 0 bridgehead atoms. The van der Waals surface area contributed by atoms with E-state index in [0.29, 0.717) is 33.2 Å². The molecule has 0 saturated heterocycles. The predicted molar refractivity (Wildman–Crippen MR) is 109 cm³/mol. The van der Waals surface area contributed by atoms with Gasteiger partial charge in [0.15, 0.2) is 18.1 Å². The van der Waals surface area contributed by atoms with Gasteiger partial charge in [0.1, 0.15) is 5.75 Å². The quantitative estimate of drug-likeness (QED) is 0.480. The fourth-order valence-electron chi connectivity index (χ4n) is 2.28. The zero-order valence-electron chi connectivity index (χ0n) is 15.2. The van der Waals surface area contributed by atoms with Gasteiger partial charge in [-0.25, -0.2) is 5.43 Å². The first-order valence-corrected chi connectivity index (χ1v) is 9.35. The van der Waals surface area contributed by atoms with Crippen LogP contribution in [0.2, 0.25) is 5.02 Å². The van der Waals surface area contributed by atoms with E-state index >= 15 is 0 Å². The van der Waals surface area contributed by atoms with Crippen LogP contribution in [0.4, 0.5) is 0 Å². The summed E-state index contributed by atoms with van der Waals surface area (Å²) in [5.74, 6) is 0.508.